The zero-order valence-corrected chi connectivity index (χ0v) is 14.6. The number of aromatic nitrogens is 4. The van der Waals surface area contributed by atoms with E-state index in [4.69, 9.17) is 4.42 Å². The second kappa shape index (κ2) is 7.09. The van der Waals surface area contributed by atoms with Gasteiger partial charge in [-0.05, 0) is 53.2 Å². The van der Waals surface area contributed by atoms with Crippen LogP contribution in [0.25, 0.3) is 5.69 Å². The minimum atomic E-state index is 0.0639. The molecular formula is C18H20N6O2. The molecule has 8 nitrogen and oxygen atoms in total. The zero-order chi connectivity index (χ0) is 17.9. The molecule has 0 radical (unpaired) electrons. The molecule has 26 heavy (non-hydrogen) atoms. The van der Waals surface area contributed by atoms with E-state index < -0.39 is 0 Å². The van der Waals surface area contributed by atoms with Gasteiger partial charge in [0.15, 0.2) is 0 Å². The van der Waals surface area contributed by atoms with Crippen molar-refractivity contribution < 1.29 is 9.21 Å². The number of benzene rings is 1. The van der Waals surface area contributed by atoms with Crippen molar-refractivity contribution in [2.24, 2.45) is 0 Å². The number of carbonyl (C=O) groups excluding carboxylic acids is 1. The molecule has 0 spiro atoms. The minimum Gasteiger partial charge on any atom is -0.468 e. The number of furan rings is 1. The van der Waals surface area contributed by atoms with Crippen LogP contribution in [0.3, 0.4) is 0 Å². The van der Waals surface area contributed by atoms with E-state index in [0.29, 0.717) is 18.7 Å². The lowest BCUT2D eigenvalue weighted by Gasteiger charge is -2.34. The van der Waals surface area contributed by atoms with Crippen LogP contribution in [0.15, 0.2) is 47.3 Å². The summed E-state index contributed by atoms with van der Waals surface area (Å²) in [5.41, 5.74) is 2.52. The number of amides is 1. The number of rotatable bonds is 4. The van der Waals surface area contributed by atoms with Crippen LogP contribution in [0.4, 0.5) is 0 Å². The van der Waals surface area contributed by atoms with Crippen molar-refractivity contribution in [1.29, 1.82) is 0 Å². The van der Waals surface area contributed by atoms with Crippen LogP contribution in [0.5, 0.6) is 0 Å². The van der Waals surface area contributed by atoms with Gasteiger partial charge in [0.05, 0.1) is 18.5 Å². The molecule has 0 saturated carbocycles. The van der Waals surface area contributed by atoms with E-state index >= 15 is 0 Å². The minimum absolute atomic E-state index is 0.0639. The van der Waals surface area contributed by atoms with Crippen LogP contribution < -0.4 is 0 Å². The third-order valence-electron chi connectivity index (χ3n) is 4.66. The largest absolute Gasteiger partial charge is 0.468 e. The van der Waals surface area contributed by atoms with E-state index in [9.17, 15) is 4.79 Å². The highest BCUT2D eigenvalue weighted by Gasteiger charge is 2.23. The van der Waals surface area contributed by atoms with Crippen LogP contribution in [-0.2, 0) is 6.54 Å². The number of piperazine rings is 1. The topological polar surface area (TPSA) is 80.3 Å². The van der Waals surface area contributed by atoms with Crippen molar-refractivity contribution in [1.82, 2.24) is 30.0 Å². The van der Waals surface area contributed by atoms with Crippen LogP contribution in [0.1, 0.15) is 21.7 Å². The van der Waals surface area contributed by atoms with Gasteiger partial charge in [0.2, 0.25) is 0 Å². The molecule has 3 heterocycles. The first kappa shape index (κ1) is 16.5. The van der Waals surface area contributed by atoms with Crippen LogP contribution in [0, 0.1) is 6.92 Å². The van der Waals surface area contributed by atoms with Gasteiger partial charge < -0.3 is 9.32 Å². The summed E-state index contributed by atoms with van der Waals surface area (Å²) in [6, 6.07) is 9.49. The quantitative estimate of drug-likeness (QED) is 0.708. The van der Waals surface area contributed by atoms with Crippen molar-refractivity contribution in [3.8, 4) is 5.69 Å². The van der Waals surface area contributed by atoms with E-state index in [1.807, 2.05) is 42.2 Å². The molecule has 134 valence electrons. The molecule has 1 saturated heterocycles. The molecule has 3 aromatic rings. The van der Waals surface area contributed by atoms with Gasteiger partial charge in [0.1, 0.15) is 12.1 Å². The maximum absolute atomic E-state index is 12.8. The van der Waals surface area contributed by atoms with Gasteiger partial charge in [-0.3, -0.25) is 9.69 Å². The number of aryl methyl sites for hydroxylation is 1. The second-order valence-electron chi connectivity index (χ2n) is 6.40. The Morgan fingerprint density at radius 1 is 1.19 bits per heavy atom. The average Bonchev–Trinajstić information content (AvgIpc) is 3.36. The number of hydrogen-bond donors (Lipinski definition) is 0. The Balaban J connectivity index is 1.40. The standard InChI is InChI=1S/C18H20N6O2/c1-14-11-15(4-5-17(14)24-13-19-20-21-24)18(25)23-8-6-22(7-9-23)12-16-3-2-10-26-16/h2-5,10-11,13H,6-9,12H2,1H3. The summed E-state index contributed by atoms with van der Waals surface area (Å²) < 4.78 is 6.99. The van der Waals surface area contributed by atoms with Gasteiger partial charge >= 0.3 is 0 Å². The highest BCUT2D eigenvalue weighted by Crippen LogP contribution is 2.17. The summed E-state index contributed by atoms with van der Waals surface area (Å²) in [5, 5.41) is 11.2. The molecule has 2 aromatic heterocycles. The van der Waals surface area contributed by atoms with Crippen molar-refractivity contribution in [2.45, 2.75) is 13.5 Å². The van der Waals surface area contributed by atoms with Crippen LogP contribution in [0.2, 0.25) is 0 Å². The van der Waals surface area contributed by atoms with Gasteiger partial charge in [-0.15, -0.1) is 5.10 Å². The fourth-order valence-corrected chi connectivity index (χ4v) is 3.23. The monoisotopic (exact) mass is 352 g/mol. The number of nitrogens with zero attached hydrogens (tertiary/aromatic N) is 6. The lowest BCUT2D eigenvalue weighted by Crippen LogP contribution is -2.48. The van der Waals surface area contributed by atoms with E-state index in [0.717, 1.165) is 36.6 Å². The third kappa shape index (κ3) is 3.36. The number of carbonyl (C=O) groups is 1. The first-order valence-corrected chi connectivity index (χ1v) is 8.59. The van der Waals surface area contributed by atoms with E-state index in [2.05, 4.69) is 20.4 Å². The summed E-state index contributed by atoms with van der Waals surface area (Å²) >= 11 is 0. The van der Waals surface area contributed by atoms with Gasteiger partial charge in [0.25, 0.3) is 5.91 Å². The number of tetrazole rings is 1. The van der Waals surface area contributed by atoms with Crippen molar-refractivity contribution in [3.05, 3.63) is 59.8 Å². The lowest BCUT2D eigenvalue weighted by atomic mass is 10.1. The number of hydrogen-bond acceptors (Lipinski definition) is 6. The van der Waals surface area contributed by atoms with E-state index in [1.54, 1.807) is 17.3 Å². The van der Waals surface area contributed by atoms with Gasteiger partial charge in [-0.1, -0.05) is 0 Å². The molecule has 1 aromatic carbocycles. The Hall–Kier alpha value is -3.00. The maximum atomic E-state index is 12.8. The second-order valence-corrected chi connectivity index (χ2v) is 6.40. The highest BCUT2D eigenvalue weighted by molar-refractivity contribution is 5.94. The molecular weight excluding hydrogens is 332 g/mol. The fraction of sp³-hybridized carbons (Fsp3) is 0.333. The predicted octanol–water partition coefficient (Wildman–Crippen LogP) is 1.52. The SMILES string of the molecule is Cc1cc(C(=O)N2CCN(Cc3ccco3)CC2)ccc1-n1cnnn1. The Kier molecular flexibility index (Phi) is 4.49. The van der Waals surface area contributed by atoms with E-state index in [-0.39, 0.29) is 5.91 Å². The van der Waals surface area contributed by atoms with Crippen LogP contribution >= 0.6 is 0 Å². The summed E-state index contributed by atoms with van der Waals surface area (Å²) in [6.07, 6.45) is 3.23. The lowest BCUT2D eigenvalue weighted by molar-refractivity contribution is 0.0620. The highest BCUT2D eigenvalue weighted by atomic mass is 16.3. The average molecular weight is 352 g/mol. The summed E-state index contributed by atoms with van der Waals surface area (Å²) in [5.74, 6) is 1.02. The summed E-state index contributed by atoms with van der Waals surface area (Å²) in [7, 11) is 0. The Morgan fingerprint density at radius 3 is 2.69 bits per heavy atom. The summed E-state index contributed by atoms with van der Waals surface area (Å²) in [4.78, 5) is 17.0. The predicted molar refractivity (Wildman–Crippen MR) is 93.8 cm³/mol. The normalized spacial score (nSPS) is 15.3. The smallest absolute Gasteiger partial charge is 0.253 e. The Labute approximate surface area is 151 Å². The van der Waals surface area contributed by atoms with Gasteiger partial charge in [-0.25, -0.2) is 4.68 Å². The molecule has 0 aliphatic carbocycles. The molecule has 0 bridgehead atoms. The molecule has 1 aliphatic rings. The molecule has 4 rings (SSSR count). The molecule has 0 unspecified atom stereocenters. The van der Waals surface area contributed by atoms with Gasteiger partial charge in [0, 0.05) is 31.7 Å². The molecule has 8 heteroatoms. The third-order valence-corrected chi connectivity index (χ3v) is 4.66. The molecule has 1 aliphatic heterocycles. The Bertz CT molecular complexity index is 867. The van der Waals surface area contributed by atoms with Crippen molar-refractivity contribution in [3.63, 3.8) is 0 Å². The molecule has 0 N–H and O–H groups in total. The zero-order valence-electron chi connectivity index (χ0n) is 14.6. The molecule has 1 fully saturated rings. The van der Waals surface area contributed by atoms with Crippen molar-refractivity contribution in [2.75, 3.05) is 26.2 Å². The van der Waals surface area contributed by atoms with Gasteiger partial charge in [-0.2, -0.15) is 0 Å². The molecule has 0 atom stereocenters. The fourth-order valence-electron chi connectivity index (χ4n) is 3.23. The van der Waals surface area contributed by atoms with Crippen LogP contribution in [-0.4, -0.2) is 62.1 Å². The molecule has 1 amide bonds. The summed E-state index contributed by atoms with van der Waals surface area (Å²) in [6.45, 7) is 5.85. The first-order chi connectivity index (χ1) is 12.7. The maximum Gasteiger partial charge on any atom is 0.253 e. The van der Waals surface area contributed by atoms with Crippen molar-refractivity contribution >= 4 is 5.91 Å². The first-order valence-electron chi connectivity index (χ1n) is 8.59. The Morgan fingerprint density at radius 2 is 2.04 bits per heavy atom. The van der Waals surface area contributed by atoms with E-state index in [1.165, 1.54) is 0 Å².